The van der Waals surface area contributed by atoms with E-state index >= 15 is 0 Å². The Morgan fingerprint density at radius 1 is 1.42 bits per heavy atom. The Labute approximate surface area is 124 Å². The van der Waals surface area contributed by atoms with Crippen LogP contribution in [0.1, 0.15) is 22.8 Å². The molecule has 1 amide bonds. The van der Waals surface area contributed by atoms with Crippen LogP contribution in [-0.2, 0) is 6.54 Å². The lowest BCUT2D eigenvalue weighted by atomic mass is 10.2. The number of halogens is 2. The van der Waals surface area contributed by atoms with Crippen LogP contribution < -0.4 is 0 Å². The third kappa shape index (κ3) is 3.64. The van der Waals surface area contributed by atoms with Crippen molar-refractivity contribution < 1.29 is 9.18 Å². The summed E-state index contributed by atoms with van der Waals surface area (Å²) in [5.74, 6) is -0.312. The molecule has 0 bridgehead atoms. The van der Waals surface area contributed by atoms with Crippen LogP contribution in [0.15, 0.2) is 39.5 Å². The van der Waals surface area contributed by atoms with Gasteiger partial charge >= 0.3 is 0 Å². The van der Waals surface area contributed by atoms with E-state index < -0.39 is 0 Å². The minimum atomic E-state index is -0.278. The molecule has 0 atom stereocenters. The average Bonchev–Trinajstić information content (AvgIpc) is 2.82. The Bertz CT molecular complexity index is 584. The number of amides is 1. The molecule has 5 heteroatoms. The van der Waals surface area contributed by atoms with Crippen LogP contribution >= 0.6 is 27.3 Å². The van der Waals surface area contributed by atoms with E-state index in [-0.39, 0.29) is 11.7 Å². The molecule has 1 aromatic carbocycles. The van der Waals surface area contributed by atoms with Crippen molar-refractivity contribution in [2.24, 2.45) is 0 Å². The first-order valence-corrected chi connectivity index (χ1v) is 7.55. The van der Waals surface area contributed by atoms with Crippen LogP contribution in [0.3, 0.4) is 0 Å². The van der Waals surface area contributed by atoms with Crippen molar-refractivity contribution in [3.63, 3.8) is 0 Å². The summed E-state index contributed by atoms with van der Waals surface area (Å²) in [6, 6.07) is 8.14. The Morgan fingerprint density at radius 3 is 2.79 bits per heavy atom. The molecular formula is C14H13BrFNOS. The quantitative estimate of drug-likeness (QED) is 0.811. The fourth-order valence-corrected chi connectivity index (χ4v) is 2.92. The zero-order valence-electron chi connectivity index (χ0n) is 10.4. The van der Waals surface area contributed by atoms with Crippen molar-refractivity contribution in [3.05, 3.63) is 56.4 Å². The molecule has 0 N–H and O–H groups in total. The van der Waals surface area contributed by atoms with Gasteiger partial charge in [0.05, 0.1) is 9.35 Å². The summed E-state index contributed by atoms with van der Waals surface area (Å²) < 4.78 is 14.1. The van der Waals surface area contributed by atoms with Crippen LogP contribution in [0, 0.1) is 5.82 Å². The summed E-state index contributed by atoms with van der Waals surface area (Å²) in [7, 11) is 0. The van der Waals surface area contributed by atoms with Crippen LogP contribution in [0.2, 0.25) is 0 Å². The molecule has 2 aromatic rings. The minimum Gasteiger partial charge on any atom is -0.335 e. The van der Waals surface area contributed by atoms with Crippen molar-refractivity contribution >= 4 is 33.2 Å². The zero-order chi connectivity index (χ0) is 13.8. The van der Waals surface area contributed by atoms with Crippen molar-refractivity contribution in [3.8, 4) is 0 Å². The molecule has 0 aliphatic rings. The first kappa shape index (κ1) is 14.2. The number of hydrogen-bond donors (Lipinski definition) is 0. The van der Waals surface area contributed by atoms with E-state index in [2.05, 4.69) is 15.9 Å². The number of carbonyl (C=O) groups is 1. The third-order valence-corrected chi connectivity index (χ3v) is 4.25. The fraction of sp³-hybridized carbons (Fsp3) is 0.214. The van der Waals surface area contributed by atoms with E-state index in [0.29, 0.717) is 18.7 Å². The van der Waals surface area contributed by atoms with Gasteiger partial charge in [-0.3, -0.25) is 4.79 Å². The minimum absolute atomic E-state index is 0.0336. The van der Waals surface area contributed by atoms with E-state index in [9.17, 15) is 9.18 Å². The largest absolute Gasteiger partial charge is 0.335 e. The van der Waals surface area contributed by atoms with Crippen molar-refractivity contribution in [1.29, 1.82) is 0 Å². The second-order valence-electron chi connectivity index (χ2n) is 4.09. The van der Waals surface area contributed by atoms with Gasteiger partial charge in [-0.05, 0) is 46.6 Å². The number of hydrogen-bond acceptors (Lipinski definition) is 2. The second kappa shape index (κ2) is 6.30. The molecule has 0 aliphatic heterocycles. The summed E-state index contributed by atoms with van der Waals surface area (Å²) in [6.07, 6.45) is 0. The highest BCUT2D eigenvalue weighted by Gasteiger charge is 2.16. The smallest absolute Gasteiger partial charge is 0.255 e. The highest BCUT2D eigenvalue weighted by atomic mass is 79.9. The molecule has 1 aromatic heterocycles. The van der Waals surface area contributed by atoms with Gasteiger partial charge < -0.3 is 4.90 Å². The predicted molar refractivity (Wildman–Crippen MR) is 78.8 cm³/mol. The molecule has 0 radical (unpaired) electrons. The standard InChI is InChI=1S/C14H13BrFNOS/c1-2-17(8-10-4-3-5-12(16)6-10)14(18)11-7-13(15)19-9-11/h3-7,9H,2,8H2,1H3. The molecule has 2 nitrogen and oxygen atoms in total. The van der Waals surface area contributed by atoms with Crippen LogP contribution in [0.5, 0.6) is 0 Å². The van der Waals surface area contributed by atoms with Gasteiger partial charge in [0.2, 0.25) is 0 Å². The Hall–Kier alpha value is -1.20. The lowest BCUT2D eigenvalue weighted by molar-refractivity contribution is 0.0753. The van der Waals surface area contributed by atoms with Gasteiger partial charge in [-0.15, -0.1) is 11.3 Å². The molecule has 100 valence electrons. The Morgan fingerprint density at radius 2 is 2.21 bits per heavy atom. The predicted octanol–water partition coefficient (Wildman–Crippen LogP) is 4.31. The molecular weight excluding hydrogens is 329 g/mol. The maximum atomic E-state index is 13.1. The van der Waals surface area contributed by atoms with Gasteiger partial charge in [-0.25, -0.2) is 4.39 Å². The summed E-state index contributed by atoms with van der Waals surface area (Å²) in [5, 5.41) is 1.82. The summed E-state index contributed by atoms with van der Waals surface area (Å²) in [6.45, 7) is 2.92. The van der Waals surface area contributed by atoms with Gasteiger partial charge in [0.25, 0.3) is 5.91 Å². The fourth-order valence-electron chi connectivity index (χ4n) is 1.79. The number of nitrogens with zero attached hydrogens (tertiary/aromatic N) is 1. The van der Waals surface area contributed by atoms with Gasteiger partial charge in [-0.1, -0.05) is 12.1 Å². The average molecular weight is 342 g/mol. The third-order valence-electron chi connectivity index (χ3n) is 2.75. The molecule has 0 spiro atoms. The summed E-state index contributed by atoms with van der Waals surface area (Å²) in [5.41, 5.74) is 1.46. The SMILES string of the molecule is CCN(Cc1cccc(F)c1)C(=O)c1csc(Br)c1. The Balaban J connectivity index is 2.14. The van der Waals surface area contributed by atoms with E-state index in [4.69, 9.17) is 0 Å². The van der Waals surface area contributed by atoms with Crippen molar-refractivity contribution in [2.45, 2.75) is 13.5 Å². The van der Waals surface area contributed by atoms with Crippen molar-refractivity contribution in [2.75, 3.05) is 6.54 Å². The van der Waals surface area contributed by atoms with E-state index in [1.807, 2.05) is 18.4 Å². The zero-order valence-corrected chi connectivity index (χ0v) is 12.8. The first-order valence-electron chi connectivity index (χ1n) is 5.88. The monoisotopic (exact) mass is 341 g/mol. The van der Waals surface area contributed by atoms with Gasteiger partial charge in [0, 0.05) is 18.5 Å². The van der Waals surface area contributed by atoms with E-state index in [1.54, 1.807) is 17.0 Å². The Kier molecular flexibility index (Phi) is 4.71. The molecule has 0 saturated carbocycles. The number of thiophene rings is 1. The van der Waals surface area contributed by atoms with Crippen LogP contribution in [0.25, 0.3) is 0 Å². The molecule has 19 heavy (non-hydrogen) atoms. The van der Waals surface area contributed by atoms with Gasteiger partial charge in [0.15, 0.2) is 0 Å². The number of rotatable bonds is 4. The first-order chi connectivity index (χ1) is 9.10. The number of carbonyl (C=O) groups excluding carboxylic acids is 1. The normalized spacial score (nSPS) is 10.5. The van der Waals surface area contributed by atoms with Crippen molar-refractivity contribution in [1.82, 2.24) is 4.90 Å². The molecule has 1 heterocycles. The molecule has 0 aliphatic carbocycles. The van der Waals surface area contributed by atoms with Crippen LogP contribution in [-0.4, -0.2) is 17.4 Å². The second-order valence-corrected chi connectivity index (χ2v) is 6.38. The topological polar surface area (TPSA) is 20.3 Å². The molecule has 0 fully saturated rings. The van der Waals surface area contributed by atoms with Crippen LogP contribution in [0.4, 0.5) is 4.39 Å². The van der Waals surface area contributed by atoms with Gasteiger partial charge in [0.1, 0.15) is 5.82 Å². The maximum Gasteiger partial charge on any atom is 0.255 e. The van der Waals surface area contributed by atoms with Gasteiger partial charge in [-0.2, -0.15) is 0 Å². The van der Waals surface area contributed by atoms with E-state index in [1.165, 1.54) is 23.5 Å². The molecule has 0 saturated heterocycles. The summed E-state index contributed by atoms with van der Waals surface area (Å²) in [4.78, 5) is 14.0. The molecule has 0 unspecified atom stereocenters. The molecule has 2 rings (SSSR count). The van der Waals surface area contributed by atoms with E-state index in [0.717, 1.165) is 9.35 Å². The maximum absolute atomic E-state index is 13.1. The lowest BCUT2D eigenvalue weighted by Crippen LogP contribution is -2.30. The highest BCUT2D eigenvalue weighted by Crippen LogP contribution is 2.22. The lowest BCUT2D eigenvalue weighted by Gasteiger charge is -2.20. The number of benzene rings is 1. The highest BCUT2D eigenvalue weighted by molar-refractivity contribution is 9.11. The summed E-state index contributed by atoms with van der Waals surface area (Å²) >= 11 is 4.82.